The first-order chi connectivity index (χ1) is 9.69. The Kier molecular flexibility index (Phi) is 3.52. The number of nitrogens with one attached hydrogen (secondary N) is 1. The number of carbonyl (C=O) groups excluding carboxylic acids is 1. The third-order valence-electron chi connectivity index (χ3n) is 3.72. The molecule has 0 saturated carbocycles. The van der Waals surface area contributed by atoms with Gasteiger partial charge in [0.05, 0.1) is 0 Å². The van der Waals surface area contributed by atoms with Crippen LogP contribution in [0.3, 0.4) is 0 Å². The van der Waals surface area contributed by atoms with Crippen molar-refractivity contribution >= 4 is 28.8 Å². The average molecular weight is 379 g/mol. The minimum absolute atomic E-state index is 0.266. The van der Waals surface area contributed by atoms with E-state index in [-0.39, 0.29) is 5.97 Å². The third-order valence-corrected chi connectivity index (χ3v) is 4.64. The molecule has 0 atom stereocenters. The first kappa shape index (κ1) is 13.6. The quantitative estimate of drug-likeness (QED) is 0.505. The molecule has 0 saturated heterocycles. The highest BCUT2D eigenvalue weighted by Crippen LogP contribution is 2.47. The molecule has 1 N–H and O–H groups in total. The molecule has 0 spiro atoms. The Hall–Kier alpha value is -1.40. The number of hydrogen-bond acceptors (Lipinski definition) is 3. The Morgan fingerprint density at radius 2 is 1.60 bits per heavy atom. The SMILES string of the molecule is CC(=O)OCC1(NI)c2ccccc2-c2ccccc21. The van der Waals surface area contributed by atoms with Crippen LogP contribution in [0.5, 0.6) is 0 Å². The standard InChI is InChI=1S/C16H14INO2/c1-11(19)20-10-16(18-17)14-8-4-2-6-12(14)13-7-3-5-9-15(13)16/h2-9,18H,10H2,1H3. The van der Waals surface area contributed by atoms with Crippen LogP contribution in [0, 0.1) is 0 Å². The molecular formula is C16H14INO2. The van der Waals surface area contributed by atoms with Crippen molar-refractivity contribution in [1.82, 2.24) is 3.53 Å². The lowest BCUT2D eigenvalue weighted by atomic mass is 9.89. The van der Waals surface area contributed by atoms with Crippen molar-refractivity contribution < 1.29 is 9.53 Å². The highest BCUT2D eigenvalue weighted by Gasteiger charge is 2.43. The monoisotopic (exact) mass is 379 g/mol. The third kappa shape index (κ3) is 1.94. The molecule has 3 nitrogen and oxygen atoms in total. The Bertz CT molecular complexity index is 624. The van der Waals surface area contributed by atoms with Crippen molar-refractivity contribution in [1.29, 1.82) is 0 Å². The normalized spacial score (nSPS) is 14.5. The summed E-state index contributed by atoms with van der Waals surface area (Å²) >= 11 is 2.14. The molecule has 0 bridgehead atoms. The van der Waals surface area contributed by atoms with Gasteiger partial charge < -0.3 is 4.74 Å². The van der Waals surface area contributed by atoms with E-state index in [2.05, 4.69) is 50.7 Å². The minimum atomic E-state index is -0.473. The molecule has 0 aromatic heterocycles. The second-order valence-corrected chi connectivity index (χ2v) is 5.41. The first-order valence-electron chi connectivity index (χ1n) is 6.39. The Morgan fingerprint density at radius 3 is 2.05 bits per heavy atom. The number of hydrogen-bond donors (Lipinski definition) is 1. The topological polar surface area (TPSA) is 38.3 Å². The van der Waals surface area contributed by atoms with Crippen molar-refractivity contribution in [3.8, 4) is 11.1 Å². The van der Waals surface area contributed by atoms with Crippen LogP contribution in [-0.2, 0) is 15.1 Å². The minimum Gasteiger partial charge on any atom is -0.463 e. The van der Waals surface area contributed by atoms with Crippen LogP contribution in [-0.4, -0.2) is 12.6 Å². The molecule has 0 radical (unpaired) electrons. The van der Waals surface area contributed by atoms with Crippen LogP contribution in [0.1, 0.15) is 18.1 Å². The summed E-state index contributed by atoms with van der Waals surface area (Å²) in [5.41, 5.74) is 4.21. The van der Waals surface area contributed by atoms with E-state index in [1.54, 1.807) is 0 Å². The van der Waals surface area contributed by atoms with Gasteiger partial charge in [-0.2, -0.15) is 0 Å². The smallest absolute Gasteiger partial charge is 0.302 e. The van der Waals surface area contributed by atoms with Gasteiger partial charge in [0.1, 0.15) is 12.1 Å². The predicted molar refractivity (Wildman–Crippen MR) is 86.4 cm³/mol. The summed E-state index contributed by atoms with van der Waals surface area (Å²) in [5.74, 6) is -0.266. The summed E-state index contributed by atoms with van der Waals surface area (Å²) in [6.45, 7) is 1.73. The van der Waals surface area contributed by atoms with Gasteiger partial charge >= 0.3 is 5.97 Å². The molecule has 2 aromatic carbocycles. The van der Waals surface area contributed by atoms with E-state index < -0.39 is 5.54 Å². The van der Waals surface area contributed by atoms with Crippen molar-refractivity contribution in [2.24, 2.45) is 0 Å². The Balaban J connectivity index is 2.20. The summed E-state index contributed by atoms with van der Waals surface area (Å²) in [4.78, 5) is 11.2. The number of carbonyl (C=O) groups is 1. The van der Waals surface area contributed by atoms with E-state index in [9.17, 15) is 4.79 Å². The second kappa shape index (κ2) is 5.18. The molecule has 0 unspecified atom stereocenters. The fraction of sp³-hybridized carbons (Fsp3) is 0.188. The second-order valence-electron chi connectivity index (χ2n) is 4.87. The van der Waals surface area contributed by atoms with Crippen molar-refractivity contribution in [3.63, 3.8) is 0 Å². The molecule has 0 amide bonds. The van der Waals surface area contributed by atoms with Gasteiger partial charge in [0.2, 0.25) is 0 Å². The van der Waals surface area contributed by atoms with E-state index in [0.29, 0.717) is 6.61 Å². The van der Waals surface area contributed by atoms with Crippen LogP contribution in [0.2, 0.25) is 0 Å². The Labute approximate surface area is 131 Å². The van der Waals surface area contributed by atoms with Crippen molar-refractivity contribution in [2.45, 2.75) is 12.5 Å². The average Bonchev–Trinajstić information content (AvgIpc) is 2.76. The number of fused-ring (bicyclic) bond motifs is 3. The van der Waals surface area contributed by atoms with E-state index >= 15 is 0 Å². The molecule has 3 rings (SSSR count). The maximum absolute atomic E-state index is 11.2. The lowest BCUT2D eigenvalue weighted by Gasteiger charge is -2.29. The number of benzene rings is 2. The molecule has 20 heavy (non-hydrogen) atoms. The molecule has 1 aliphatic rings. The zero-order chi connectivity index (χ0) is 14.2. The van der Waals surface area contributed by atoms with Gasteiger partial charge in [0.25, 0.3) is 0 Å². The maximum Gasteiger partial charge on any atom is 0.302 e. The molecule has 2 aromatic rings. The molecular weight excluding hydrogens is 365 g/mol. The summed E-state index contributed by atoms with van der Waals surface area (Å²) in [5, 5.41) is 0. The van der Waals surface area contributed by atoms with Gasteiger partial charge in [-0.15, -0.1) is 0 Å². The van der Waals surface area contributed by atoms with E-state index in [1.165, 1.54) is 18.1 Å². The number of esters is 1. The van der Waals surface area contributed by atoms with Crippen LogP contribution < -0.4 is 3.53 Å². The van der Waals surface area contributed by atoms with Crippen LogP contribution in [0.4, 0.5) is 0 Å². The predicted octanol–water partition coefficient (Wildman–Crippen LogP) is 3.41. The molecule has 0 aliphatic heterocycles. The van der Waals surface area contributed by atoms with Gasteiger partial charge in [-0.3, -0.25) is 4.79 Å². The van der Waals surface area contributed by atoms with Crippen LogP contribution >= 0.6 is 22.9 Å². The van der Waals surface area contributed by atoms with Crippen LogP contribution in [0.15, 0.2) is 48.5 Å². The van der Waals surface area contributed by atoms with E-state index in [1.807, 2.05) is 24.3 Å². The molecule has 1 aliphatic carbocycles. The first-order valence-corrected chi connectivity index (χ1v) is 7.47. The lowest BCUT2D eigenvalue weighted by molar-refractivity contribution is -0.142. The Morgan fingerprint density at radius 1 is 1.10 bits per heavy atom. The van der Waals surface area contributed by atoms with Crippen molar-refractivity contribution in [3.05, 3.63) is 59.7 Å². The summed E-state index contributed by atoms with van der Waals surface area (Å²) in [7, 11) is 0. The molecule has 0 heterocycles. The summed E-state index contributed by atoms with van der Waals surface area (Å²) in [6.07, 6.45) is 0. The van der Waals surface area contributed by atoms with E-state index in [4.69, 9.17) is 4.74 Å². The lowest BCUT2D eigenvalue weighted by Crippen LogP contribution is -2.41. The summed E-state index contributed by atoms with van der Waals surface area (Å²) < 4.78 is 8.67. The summed E-state index contributed by atoms with van der Waals surface area (Å²) in [6, 6.07) is 16.5. The largest absolute Gasteiger partial charge is 0.463 e. The maximum atomic E-state index is 11.2. The number of rotatable bonds is 3. The van der Waals surface area contributed by atoms with Crippen LogP contribution in [0.25, 0.3) is 11.1 Å². The number of halogens is 1. The zero-order valence-electron chi connectivity index (χ0n) is 11.0. The van der Waals surface area contributed by atoms with Gasteiger partial charge in [0, 0.05) is 29.8 Å². The zero-order valence-corrected chi connectivity index (χ0v) is 13.2. The van der Waals surface area contributed by atoms with Crippen molar-refractivity contribution in [2.75, 3.05) is 6.61 Å². The van der Waals surface area contributed by atoms with Gasteiger partial charge in [0.15, 0.2) is 0 Å². The van der Waals surface area contributed by atoms with E-state index in [0.717, 1.165) is 11.1 Å². The molecule has 102 valence electrons. The van der Waals surface area contributed by atoms with Gasteiger partial charge in [-0.1, -0.05) is 48.5 Å². The fourth-order valence-electron chi connectivity index (χ4n) is 2.82. The fourth-order valence-corrected chi connectivity index (χ4v) is 3.56. The highest BCUT2D eigenvalue weighted by molar-refractivity contribution is 14.1. The number of ether oxygens (including phenoxy) is 1. The van der Waals surface area contributed by atoms with Gasteiger partial charge in [-0.05, 0) is 22.3 Å². The molecule has 4 heteroatoms. The van der Waals surface area contributed by atoms with Gasteiger partial charge in [-0.25, -0.2) is 3.53 Å². The highest BCUT2D eigenvalue weighted by atomic mass is 127. The molecule has 0 fully saturated rings.